The summed E-state index contributed by atoms with van der Waals surface area (Å²) in [6.07, 6.45) is 7.51. The first-order valence-electron chi connectivity index (χ1n) is 7.48. The van der Waals surface area contributed by atoms with Crippen molar-refractivity contribution in [1.29, 1.82) is 0 Å². The van der Waals surface area contributed by atoms with Crippen molar-refractivity contribution in [2.45, 2.75) is 57.9 Å². The number of carbonyl (C=O) groups is 1. The van der Waals surface area contributed by atoms with Gasteiger partial charge in [0.05, 0.1) is 0 Å². The third-order valence-electron chi connectivity index (χ3n) is 3.80. The van der Waals surface area contributed by atoms with Gasteiger partial charge < -0.3 is 11.1 Å². The fraction of sp³-hybridized carbons (Fsp3) is 0.929. The van der Waals surface area contributed by atoms with Gasteiger partial charge in [0.25, 0.3) is 0 Å². The van der Waals surface area contributed by atoms with Crippen LogP contribution in [0.15, 0.2) is 0 Å². The maximum Gasteiger partial charge on any atom is 0.220 e. The largest absolute Gasteiger partial charge is 0.355 e. The van der Waals surface area contributed by atoms with Crippen molar-refractivity contribution >= 4 is 30.7 Å². The van der Waals surface area contributed by atoms with E-state index in [-0.39, 0.29) is 30.7 Å². The van der Waals surface area contributed by atoms with Crippen LogP contribution in [0.4, 0.5) is 0 Å². The van der Waals surface area contributed by atoms with Gasteiger partial charge in [0.1, 0.15) is 0 Å². The fourth-order valence-electron chi connectivity index (χ4n) is 2.65. The fourth-order valence-corrected chi connectivity index (χ4v) is 2.65. The van der Waals surface area contributed by atoms with Gasteiger partial charge in [-0.3, -0.25) is 9.69 Å². The van der Waals surface area contributed by atoms with Crippen molar-refractivity contribution in [1.82, 2.24) is 10.2 Å². The number of unbranched alkanes of at least 4 members (excludes halogenated alkanes) is 3. The van der Waals surface area contributed by atoms with E-state index < -0.39 is 0 Å². The summed E-state index contributed by atoms with van der Waals surface area (Å²) in [4.78, 5) is 14.1. The summed E-state index contributed by atoms with van der Waals surface area (Å²) >= 11 is 0. The first-order valence-corrected chi connectivity index (χ1v) is 7.48. The summed E-state index contributed by atoms with van der Waals surface area (Å²) in [5, 5.41) is 3.07. The lowest BCUT2D eigenvalue weighted by molar-refractivity contribution is -0.121. The molecule has 3 N–H and O–H groups in total. The topological polar surface area (TPSA) is 58.4 Å². The Morgan fingerprint density at radius 2 is 1.95 bits per heavy atom. The van der Waals surface area contributed by atoms with Crippen LogP contribution in [0.2, 0.25) is 0 Å². The molecule has 1 aliphatic rings. The Hall–Kier alpha value is -0.0300. The predicted octanol–water partition coefficient (Wildman–Crippen LogP) is 2.34. The summed E-state index contributed by atoms with van der Waals surface area (Å²) in [7, 11) is 0. The van der Waals surface area contributed by atoms with Gasteiger partial charge in [0, 0.05) is 19.0 Å². The maximum absolute atomic E-state index is 11.7. The van der Waals surface area contributed by atoms with Gasteiger partial charge in [0.2, 0.25) is 5.91 Å². The number of nitrogens with one attached hydrogen (secondary N) is 1. The van der Waals surface area contributed by atoms with Crippen LogP contribution in [0.3, 0.4) is 0 Å². The number of hydrogen-bond acceptors (Lipinski definition) is 3. The van der Waals surface area contributed by atoms with E-state index in [0.717, 1.165) is 45.3 Å². The zero-order chi connectivity index (χ0) is 13.2. The number of carbonyl (C=O) groups excluding carboxylic acids is 1. The second kappa shape index (κ2) is 13.9. The zero-order valence-electron chi connectivity index (χ0n) is 12.6. The van der Waals surface area contributed by atoms with Crippen molar-refractivity contribution < 1.29 is 4.79 Å². The van der Waals surface area contributed by atoms with E-state index in [2.05, 4.69) is 17.1 Å². The number of nitrogens with zero attached hydrogens (tertiary/aromatic N) is 1. The van der Waals surface area contributed by atoms with E-state index in [1.807, 2.05) is 0 Å². The van der Waals surface area contributed by atoms with E-state index in [4.69, 9.17) is 5.73 Å². The first-order chi connectivity index (χ1) is 8.77. The molecule has 122 valence electrons. The lowest BCUT2D eigenvalue weighted by Gasteiger charge is -2.22. The van der Waals surface area contributed by atoms with Gasteiger partial charge in [0.15, 0.2) is 0 Å². The molecule has 1 amide bonds. The second-order valence-electron chi connectivity index (χ2n) is 5.18. The number of likely N-dealkylation sites (tertiary alicyclic amines) is 1. The number of hydrogen-bond donors (Lipinski definition) is 2. The second-order valence-corrected chi connectivity index (χ2v) is 5.18. The molecule has 20 heavy (non-hydrogen) atoms. The molecule has 0 bridgehead atoms. The third kappa shape index (κ3) is 9.01. The molecule has 1 aliphatic heterocycles. The Balaban J connectivity index is 0. The molecule has 4 nitrogen and oxygen atoms in total. The molecule has 0 radical (unpaired) electrons. The standard InChI is InChI=1S/C14H29N3O.2ClH/c1-2-17-11-7-8-13(17)12-16-14(18)9-5-3-4-6-10-15;;/h13H,2-12,15H2,1H3,(H,16,18);2*1H. The molecule has 0 saturated carbocycles. The van der Waals surface area contributed by atoms with Crippen LogP contribution in [0.25, 0.3) is 0 Å². The van der Waals surface area contributed by atoms with Crippen LogP contribution in [-0.2, 0) is 4.79 Å². The molecule has 1 unspecified atom stereocenters. The van der Waals surface area contributed by atoms with Crippen molar-refractivity contribution in [2.24, 2.45) is 5.73 Å². The average molecular weight is 328 g/mol. The van der Waals surface area contributed by atoms with Crippen molar-refractivity contribution in [3.8, 4) is 0 Å². The minimum atomic E-state index is 0. The lowest BCUT2D eigenvalue weighted by Crippen LogP contribution is -2.39. The van der Waals surface area contributed by atoms with Gasteiger partial charge in [-0.05, 0) is 45.3 Å². The van der Waals surface area contributed by atoms with E-state index in [0.29, 0.717) is 12.5 Å². The summed E-state index contributed by atoms with van der Waals surface area (Å²) in [5.41, 5.74) is 5.43. The highest BCUT2D eigenvalue weighted by Crippen LogP contribution is 2.15. The molecule has 6 heteroatoms. The lowest BCUT2D eigenvalue weighted by atomic mass is 10.1. The molecule has 1 fully saturated rings. The van der Waals surface area contributed by atoms with Crippen molar-refractivity contribution in [3.63, 3.8) is 0 Å². The average Bonchev–Trinajstić information content (AvgIpc) is 2.83. The maximum atomic E-state index is 11.7. The number of nitrogens with two attached hydrogens (primary N) is 1. The molecule has 0 spiro atoms. The van der Waals surface area contributed by atoms with Crippen LogP contribution < -0.4 is 11.1 Å². The smallest absolute Gasteiger partial charge is 0.220 e. The van der Waals surface area contributed by atoms with Gasteiger partial charge >= 0.3 is 0 Å². The predicted molar refractivity (Wildman–Crippen MR) is 89.9 cm³/mol. The Morgan fingerprint density at radius 3 is 2.60 bits per heavy atom. The molecule has 0 aromatic heterocycles. The molecule has 0 aliphatic carbocycles. The molecule has 1 saturated heterocycles. The minimum Gasteiger partial charge on any atom is -0.355 e. The van der Waals surface area contributed by atoms with Gasteiger partial charge in [-0.2, -0.15) is 0 Å². The van der Waals surface area contributed by atoms with E-state index in [1.54, 1.807) is 0 Å². The summed E-state index contributed by atoms with van der Waals surface area (Å²) in [6, 6.07) is 0.566. The van der Waals surface area contributed by atoms with E-state index >= 15 is 0 Å². The quantitative estimate of drug-likeness (QED) is 0.639. The summed E-state index contributed by atoms with van der Waals surface area (Å²) < 4.78 is 0. The van der Waals surface area contributed by atoms with Crippen LogP contribution in [-0.4, -0.2) is 43.0 Å². The highest BCUT2D eigenvalue weighted by Gasteiger charge is 2.22. The van der Waals surface area contributed by atoms with Crippen LogP contribution in [0.5, 0.6) is 0 Å². The number of halogens is 2. The zero-order valence-corrected chi connectivity index (χ0v) is 14.2. The number of likely N-dealkylation sites (N-methyl/N-ethyl adjacent to an activating group) is 1. The highest BCUT2D eigenvalue weighted by atomic mass is 35.5. The molecular weight excluding hydrogens is 297 g/mol. The molecule has 1 heterocycles. The normalized spacial score (nSPS) is 18.2. The van der Waals surface area contributed by atoms with Crippen LogP contribution in [0.1, 0.15) is 51.9 Å². The SMILES string of the molecule is CCN1CCCC1CNC(=O)CCCCCCN.Cl.Cl. The third-order valence-corrected chi connectivity index (χ3v) is 3.80. The monoisotopic (exact) mass is 327 g/mol. The first kappa shape index (κ1) is 22.3. The highest BCUT2D eigenvalue weighted by molar-refractivity contribution is 5.85. The Labute approximate surface area is 136 Å². The summed E-state index contributed by atoms with van der Waals surface area (Å²) in [6.45, 7) is 6.07. The van der Waals surface area contributed by atoms with E-state index in [1.165, 1.54) is 19.4 Å². The molecule has 0 aromatic rings. The van der Waals surface area contributed by atoms with Gasteiger partial charge in [-0.25, -0.2) is 0 Å². The summed E-state index contributed by atoms with van der Waals surface area (Å²) in [5.74, 6) is 0.214. The van der Waals surface area contributed by atoms with Crippen LogP contribution >= 0.6 is 24.8 Å². The number of amides is 1. The van der Waals surface area contributed by atoms with E-state index in [9.17, 15) is 4.79 Å². The molecule has 1 atom stereocenters. The molecule has 0 aromatic carbocycles. The Kier molecular flexibility index (Phi) is 15.5. The van der Waals surface area contributed by atoms with Gasteiger partial charge in [-0.15, -0.1) is 24.8 Å². The van der Waals surface area contributed by atoms with Crippen LogP contribution in [0, 0.1) is 0 Å². The van der Waals surface area contributed by atoms with Crippen molar-refractivity contribution in [3.05, 3.63) is 0 Å². The molecule has 1 rings (SSSR count). The number of rotatable bonds is 9. The Morgan fingerprint density at radius 1 is 1.25 bits per heavy atom. The molecular formula is C14H31Cl2N3O. The minimum absolute atomic E-state index is 0. The van der Waals surface area contributed by atoms with Gasteiger partial charge in [-0.1, -0.05) is 19.8 Å². The van der Waals surface area contributed by atoms with Crippen molar-refractivity contribution in [2.75, 3.05) is 26.2 Å². The Bertz CT molecular complexity index is 242.